The first-order valence-corrected chi connectivity index (χ1v) is 6.87. The van der Waals surface area contributed by atoms with Crippen molar-refractivity contribution in [2.24, 2.45) is 0 Å². The fourth-order valence-corrected chi connectivity index (χ4v) is 2.10. The minimum absolute atomic E-state index is 0.498. The number of ether oxygens (including phenoxy) is 3. The molecular weight excluding hydrogens is 268 g/mol. The largest absolute Gasteiger partial charge is 0.493 e. The molecule has 21 heavy (non-hydrogen) atoms. The molecule has 0 heterocycles. The number of methoxy groups -OCH3 is 2. The quantitative estimate of drug-likeness (QED) is 0.874. The number of hydrogen-bond donors (Lipinski definition) is 1. The number of aliphatic hydroxyl groups is 1. The summed E-state index contributed by atoms with van der Waals surface area (Å²) in [7, 11) is 3.16. The Labute approximate surface area is 124 Å². The Morgan fingerprint density at radius 1 is 0.905 bits per heavy atom. The van der Waals surface area contributed by atoms with Gasteiger partial charge < -0.3 is 19.3 Å². The summed E-state index contributed by atoms with van der Waals surface area (Å²) in [4.78, 5) is 0. The average molecular weight is 288 g/mol. The Bertz CT molecular complexity index is 573. The summed E-state index contributed by atoms with van der Waals surface area (Å²) in [5.74, 6) is 2.25. The first kappa shape index (κ1) is 15.2. The van der Waals surface area contributed by atoms with Crippen LogP contribution >= 0.6 is 0 Å². The number of para-hydroxylation sites is 2. The minimum atomic E-state index is -0.568. The molecule has 0 spiro atoms. The van der Waals surface area contributed by atoms with Gasteiger partial charge in [-0.2, -0.15) is 0 Å². The lowest BCUT2D eigenvalue weighted by molar-refractivity contribution is 0.170. The van der Waals surface area contributed by atoms with Crippen LogP contribution in [-0.2, 0) is 0 Å². The molecule has 0 saturated carbocycles. The monoisotopic (exact) mass is 288 g/mol. The second kappa shape index (κ2) is 6.99. The molecule has 112 valence electrons. The SMILES string of the molecule is CC[C@@H](O)c1ccccc1Oc1c(OC)cccc1OC. The third kappa shape index (κ3) is 3.28. The number of aliphatic hydroxyl groups excluding tert-OH is 1. The molecule has 0 bridgehead atoms. The van der Waals surface area contributed by atoms with E-state index in [1.54, 1.807) is 26.4 Å². The first-order valence-electron chi connectivity index (χ1n) is 6.87. The van der Waals surface area contributed by atoms with Gasteiger partial charge in [0.1, 0.15) is 5.75 Å². The maximum absolute atomic E-state index is 10.1. The highest BCUT2D eigenvalue weighted by atomic mass is 16.5. The number of rotatable bonds is 6. The summed E-state index contributed by atoms with van der Waals surface area (Å²) in [6.07, 6.45) is 0.0468. The minimum Gasteiger partial charge on any atom is -0.493 e. The van der Waals surface area contributed by atoms with E-state index in [1.165, 1.54) is 0 Å². The van der Waals surface area contributed by atoms with Crippen LogP contribution in [0.3, 0.4) is 0 Å². The van der Waals surface area contributed by atoms with Crippen molar-refractivity contribution in [2.45, 2.75) is 19.4 Å². The van der Waals surface area contributed by atoms with Crippen molar-refractivity contribution in [3.05, 3.63) is 48.0 Å². The van der Waals surface area contributed by atoms with Crippen molar-refractivity contribution < 1.29 is 19.3 Å². The van der Waals surface area contributed by atoms with Gasteiger partial charge in [-0.15, -0.1) is 0 Å². The highest BCUT2D eigenvalue weighted by molar-refractivity contribution is 5.54. The summed E-state index contributed by atoms with van der Waals surface area (Å²) in [5.41, 5.74) is 0.743. The number of benzene rings is 2. The van der Waals surface area contributed by atoms with E-state index in [0.717, 1.165) is 5.56 Å². The van der Waals surface area contributed by atoms with Crippen LogP contribution in [0, 0.1) is 0 Å². The molecule has 0 aliphatic heterocycles. The molecule has 4 nitrogen and oxygen atoms in total. The molecule has 2 aromatic carbocycles. The Balaban J connectivity index is 2.43. The fraction of sp³-hybridized carbons (Fsp3) is 0.294. The molecule has 0 aliphatic carbocycles. The highest BCUT2D eigenvalue weighted by Gasteiger charge is 2.16. The predicted octanol–water partition coefficient (Wildman–Crippen LogP) is 3.94. The summed E-state index contributed by atoms with van der Waals surface area (Å²) < 4.78 is 16.6. The molecule has 0 amide bonds. The van der Waals surface area contributed by atoms with Crippen LogP contribution in [0.2, 0.25) is 0 Å². The molecule has 1 N–H and O–H groups in total. The maximum atomic E-state index is 10.1. The third-order valence-electron chi connectivity index (χ3n) is 3.26. The molecule has 0 aromatic heterocycles. The van der Waals surface area contributed by atoms with Crippen LogP contribution in [-0.4, -0.2) is 19.3 Å². The first-order chi connectivity index (χ1) is 10.2. The molecule has 0 saturated heterocycles. The van der Waals surface area contributed by atoms with Gasteiger partial charge >= 0.3 is 0 Å². The van der Waals surface area contributed by atoms with Crippen molar-refractivity contribution in [3.63, 3.8) is 0 Å². The molecular formula is C17H20O4. The summed E-state index contributed by atoms with van der Waals surface area (Å²) in [6, 6.07) is 12.8. The molecule has 4 heteroatoms. The van der Waals surface area contributed by atoms with E-state index < -0.39 is 6.10 Å². The van der Waals surface area contributed by atoms with Gasteiger partial charge in [0, 0.05) is 5.56 Å². The van der Waals surface area contributed by atoms with Crippen molar-refractivity contribution >= 4 is 0 Å². The summed E-state index contributed by atoms with van der Waals surface area (Å²) in [6.45, 7) is 1.92. The van der Waals surface area contributed by atoms with E-state index in [9.17, 15) is 5.11 Å². The lowest BCUT2D eigenvalue weighted by atomic mass is 10.1. The van der Waals surface area contributed by atoms with Gasteiger partial charge in [-0.3, -0.25) is 0 Å². The van der Waals surface area contributed by atoms with Crippen LogP contribution in [0.4, 0.5) is 0 Å². The predicted molar refractivity (Wildman–Crippen MR) is 81.3 cm³/mol. The summed E-state index contributed by atoms with van der Waals surface area (Å²) in [5, 5.41) is 10.1. The van der Waals surface area contributed by atoms with Crippen molar-refractivity contribution in [3.8, 4) is 23.0 Å². The Morgan fingerprint density at radius 3 is 2.05 bits per heavy atom. The zero-order valence-electron chi connectivity index (χ0n) is 12.5. The molecule has 2 aromatic rings. The van der Waals surface area contributed by atoms with E-state index in [1.807, 2.05) is 37.3 Å². The van der Waals surface area contributed by atoms with Gasteiger partial charge in [0.2, 0.25) is 5.75 Å². The molecule has 0 radical (unpaired) electrons. The molecule has 0 aliphatic rings. The summed E-state index contributed by atoms with van der Waals surface area (Å²) >= 11 is 0. The van der Waals surface area contributed by atoms with Crippen LogP contribution in [0.15, 0.2) is 42.5 Å². The van der Waals surface area contributed by atoms with E-state index in [4.69, 9.17) is 14.2 Å². The lowest BCUT2D eigenvalue weighted by Gasteiger charge is -2.17. The van der Waals surface area contributed by atoms with E-state index >= 15 is 0 Å². The molecule has 0 fully saturated rings. The van der Waals surface area contributed by atoms with Gasteiger partial charge in [-0.25, -0.2) is 0 Å². The second-order valence-corrected chi connectivity index (χ2v) is 4.56. The smallest absolute Gasteiger partial charge is 0.211 e. The third-order valence-corrected chi connectivity index (χ3v) is 3.26. The topological polar surface area (TPSA) is 47.9 Å². The average Bonchev–Trinajstić information content (AvgIpc) is 2.54. The lowest BCUT2D eigenvalue weighted by Crippen LogP contribution is -2.00. The van der Waals surface area contributed by atoms with Crippen LogP contribution < -0.4 is 14.2 Å². The van der Waals surface area contributed by atoms with Gasteiger partial charge in [0.05, 0.1) is 20.3 Å². The van der Waals surface area contributed by atoms with Gasteiger partial charge in [-0.1, -0.05) is 31.2 Å². The Hall–Kier alpha value is -2.20. The van der Waals surface area contributed by atoms with E-state index in [2.05, 4.69) is 0 Å². The standard InChI is InChI=1S/C17H20O4/c1-4-13(18)12-8-5-6-9-14(12)21-17-15(19-2)10-7-11-16(17)20-3/h5-11,13,18H,4H2,1-3H3/t13-/m1/s1. The van der Waals surface area contributed by atoms with Gasteiger partial charge in [0.25, 0.3) is 0 Å². The zero-order valence-corrected chi connectivity index (χ0v) is 12.5. The van der Waals surface area contributed by atoms with Crippen molar-refractivity contribution in [2.75, 3.05) is 14.2 Å². The fourth-order valence-electron chi connectivity index (χ4n) is 2.10. The van der Waals surface area contributed by atoms with E-state index in [-0.39, 0.29) is 0 Å². The van der Waals surface area contributed by atoms with Crippen LogP contribution in [0.25, 0.3) is 0 Å². The van der Waals surface area contributed by atoms with Crippen molar-refractivity contribution in [1.29, 1.82) is 0 Å². The number of hydrogen-bond acceptors (Lipinski definition) is 4. The van der Waals surface area contributed by atoms with Crippen LogP contribution in [0.1, 0.15) is 25.0 Å². The van der Waals surface area contributed by atoms with Gasteiger partial charge in [-0.05, 0) is 24.6 Å². The molecule has 0 unspecified atom stereocenters. The second-order valence-electron chi connectivity index (χ2n) is 4.56. The van der Waals surface area contributed by atoms with Gasteiger partial charge in [0.15, 0.2) is 11.5 Å². The Morgan fingerprint density at radius 2 is 1.48 bits per heavy atom. The zero-order chi connectivity index (χ0) is 15.2. The highest BCUT2D eigenvalue weighted by Crippen LogP contribution is 2.41. The van der Waals surface area contributed by atoms with E-state index in [0.29, 0.717) is 29.4 Å². The molecule has 1 atom stereocenters. The maximum Gasteiger partial charge on any atom is 0.211 e. The Kier molecular flexibility index (Phi) is 5.06. The van der Waals surface area contributed by atoms with Crippen molar-refractivity contribution in [1.82, 2.24) is 0 Å². The normalized spacial score (nSPS) is 11.8. The molecule has 2 rings (SSSR count). The van der Waals surface area contributed by atoms with Crippen LogP contribution in [0.5, 0.6) is 23.0 Å².